The van der Waals surface area contributed by atoms with Crippen molar-refractivity contribution in [1.29, 1.82) is 0 Å². The van der Waals surface area contributed by atoms with Gasteiger partial charge in [0.2, 0.25) is 0 Å². The Morgan fingerprint density at radius 2 is 0.882 bits per heavy atom. The van der Waals surface area contributed by atoms with Crippen molar-refractivity contribution >= 4 is 21.5 Å². The molecular formula is C33H24O. The van der Waals surface area contributed by atoms with Crippen molar-refractivity contribution in [2.45, 2.75) is 0 Å². The molecule has 0 radical (unpaired) electrons. The van der Waals surface area contributed by atoms with Crippen molar-refractivity contribution in [3.63, 3.8) is 0 Å². The molecule has 0 N–H and O–H groups in total. The van der Waals surface area contributed by atoms with Crippen molar-refractivity contribution in [3.05, 3.63) is 127 Å². The first-order valence-corrected chi connectivity index (χ1v) is 11.6. The average molecular weight is 437 g/mol. The topological polar surface area (TPSA) is 9.23 Å². The van der Waals surface area contributed by atoms with E-state index in [-0.39, 0.29) is 0 Å². The number of hydrogen-bond acceptors (Lipinski definition) is 1. The largest absolute Gasteiger partial charge is 0.496 e. The Morgan fingerprint density at radius 3 is 1.41 bits per heavy atom. The molecule has 0 heterocycles. The molecular weight excluding hydrogens is 412 g/mol. The van der Waals surface area contributed by atoms with Crippen LogP contribution in [0.1, 0.15) is 0 Å². The summed E-state index contributed by atoms with van der Waals surface area (Å²) in [6.45, 7) is 0. The lowest BCUT2D eigenvalue weighted by atomic mass is 9.85. The van der Waals surface area contributed by atoms with Crippen LogP contribution in [0.3, 0.4) is 0 Å². The van der Waals surface area contributed by atoms with Crippen LogP contribution in [0.4, 0.5) is 0 Å². The van der Waals surface area contributed by atoms with E-state index in [1.807, 2.05) is 0 Å². The van der Waals surface area contributed by atoms with Crippen molar-refractivity contribution in [3.8, 4) is 39.1 Å². The van der Waals surface area contributed by atoms with Crippen LogP contribution in [-0.4, -0.2) is 7.11 Å². The van der Waals surface area contributed by atoms with Gasteiger partial charge in [0.15, 0.2) is 0 Å². The highest BCUT2D eigenvalue weighted by molar-refractivity contribution is 6.21. The molecule has 1 heteroatoms. The first-order valence-electron chi connectivity index (χ1n) is 11.6. The third-order valence-electron chi connectivity index (χ3n) is 6.57. The van der Waals surface area contributed by atoms with E-state index in [0.717, 1.165) is 11.3 Å². The number of benzene rings is 6. The summed E-state index contributed by atoms with van der Waals surface area (Å²) < 4.78 is 5.90. The molecule has 0 fully saturated rings. The predicted octanol–water partition coefficient (Wildman–Crippen LogP) is 9.00. The molecule has 0 aliphatic heterocycles. The molecule has 0 atom stereocenters. The molecule has 0 unspecified atom stereocenters. The second-order valence-electron chi connectivity index (χ2n) is 8.49. The minimum absolute atomic E-state index is 0.877. The monoisotopic (exact) mass is 436 g/mol. The summed E-state index contributed by atoms with van der Waals surface area (Å²) in [5.74, 6) is 0.877. The molecule has 6 rings (SSSR count). The Kier molecular flexibility index (Phi) is 5.08. The van der Waals surface area contributed by atoms with Crippen molar-refractivity contribution in [1.82, 2.24) is 0 Å². The molecule has 0 bridgehead atoms. The summed E-state index contributed by atoms with van der Waals surface area (Å²) in [6, 6.07) is 45.2. The Morgan fingerprint density at radius 1 is 0.412 bits per heavy atom. The zero-order chi connectivity index (χ0) is 22.9. The zero-order valence-corrected chi connectivity index (χ0v) is 19.0. The van der Waals surface area contributed by atoms with Gasteiger partial charge in [-0.3, -0.25) is 0 Å². The molecule has 0 amide bonds. The van der Waals surface area contributed by atoms with Gasteiger partial charge in [-0.05, 0) is 55.9 Å². The number of fused-ring (bicyclic) bond motifs is 2. The highest BCUT2D eigenvalue weighted by Crippen LogP contribution is 2.46. The zero-order valence-electron chi connectivity index (χ0n) is 19.0. The lowest BCUT2D eigenvalue weighted by Gasteiger charge is -2.19. The normalized spacial score (nSPS) is 11.1. The fourth-order valence-electron chi connectivity index (χ4n) is 5.05. The molecule has 6 aromatic rings. The van der Waals surface area contributed by atoms with Gasteiger partial charge in [0.25, 0.3) is 0 Å². The summed E-state index contributed by atoms with van der Waals surface area (Å²) >= 11 is 0. The SMILES string of the molecule is COc1ccc(-c2ccccc2)cc1-c1c2ccccc2c(-c2ccccc2)c2ccccc12. The van der Waals surface area contributed by atoms with Crippen LogP contribution in [0.5, 0.6) is 5.75 Å². The van der Waals surface area contributed by atoms with Crippen LogP contribution >= 0.6 is 0 Å². The van der Waals surface area contributed by atoms with Gasteiger partial charge in [0.1, 0.15) is 5.75 Å². The van der Waals surface area contributed by atoms with Gasteiger partial charge in [-0.1, -0.05) is 115 Å². The first-order chi connectivity index (χ1) is 16.8. The van der Waals surface area contributed by atoms with E-state index in [1.54, 1.807) is 7.11 Å². The van der Waals surface area contributed by atoms with Crippen LogP contribution in [-0.2, 0) is 0 Å². The maximum Gasteiger partial charge on any atom is 0.126 e. The maximum absolute atomic E-state index is 5.90. The number of hydrogen-bond donors (Lipinski definition) is 0. The van der Waals surface area contributed by atoms with E-state index >= 15 is 0 Å². The average Bonchev–Trinajstić information content (AvgIpc) is 2.92. The fourth-order valence-corrected chi connectivity index (χ4v) is 5.05. The highest BCUT2D eigenvalue weighted by atomic mass is 16.5. The first kappa shape index (κ1) is 20.3. The number of methoxy groups -OCH3 is 1. The molecule has 1 nitrogen and oxygen atoms in total. The third-order valence-corrected chi connectivity index (χ3v) is 6.57. The van der Waals surface area contributed by atoms with Crippen molar-refractivity contribution in [2.75, 3.05) is 7.11 Å². The molecule has 0 aliphatic rings. The van der Waals surface area contributed by atoms with Gasteiger partial charge >= 0.3 is 0 Å². The van der Waals surface area contributed by atoms with E-state index < -0.39 is 0 Å². The molecule has 0 aliphatic carbocycles. The second kappa shape index (κ2) is 8.53. The third kappa shape index (κ3) is 3.34. The fraction of sp³-hybridized carbons (Fsp3) is 0.0303. The lowest BCUT2D eigenvalue weighted by molar-refractivity contribution is 0.416. The summed E-state index contributed by atoms with van der Waals surface area (Å²) in [6.07, 6.45) is 0. The van der Waals surface area contributed by atoms with Gasteiger partial charge in [0, 0.05) is 11.1 Å². The summed E-state index contributed by atoms with van der Waals surface area (Å²) in [4.78, 5) is 0. The van der Waals surface area contributed by atoms with Crippen LogP contribution in [0.25, 0.3) is 54.9 Å². The number of rotatable bonds is 4. The van der Waals surface area contributed by atoms with E-state index in [2.05, 4.69) is 127 Å². The Labute approximate surface area is 199 Å². The number of ether oxygens (including phenoxy) is 1. The summed E-state index contributed by atoms with van der Waals surface area (Å²) in [7, 11) is 1.75. The van der Waals surface area contributed by atoms with Crippen LogP contribution < -0.4 is 4.74 Å². The van der Waals surface area contributed by atoms with Gasteiger partial charge in [-0.15, -0.1) is 0 Å². The van der Waals surface area contributed by atoms with Gasteiger partial charge in [0.05, 0.1) is 7.11 Å². The molecule has 0 saturated heterocycles. The van der Waals surface area contributed by atoms with E-state index in [0.29, 0.717) is 0 Å². The summed E-state index contributed by atoms with van der Waals surface area (Å²) in [5, 5.41) is 4.94. The van der Waals surface area contributed by atoms with Gasteiger partial charge < -0.3 is 4.74 Å². The lowest BCUT2D eigenvalue weighted by Crippen LogP contribution is -1.94. The van der Waals surface area contributed by atoms with E-state index in [9.17, 15) is 0 Å². The maximum atomic E-state index is 5.90. The molecule has 0 saturated carbocycles. The van der Waals surface area contributed by atoms with Crippen LogP contribution in [0.2, 0.25) is 0 Å². The predicted molar refractivity (Wildman–Crippen MR) is 144 cm³/mol. The van der Waals surface area contributed by atoms with E-state index in [1.165, 1.54) is 49.4 Å². The van der Waals surface area contributed by atoms with Gasteiger partial charge in [-0.2, -0.15) is 0 Å². The standard InChI is InChI=1S/C33H24O/c1-34-31-21-20-25(23-12-4-2-5-13-23)22-30(31)33-28-18-10-8-16-26(28)32(24-14-6-3-7-15-24)27-17-9-11-19-29(27)33/h2-22H,1H3. The minimum atomic E-state index is 0.877. The Balaban J connectivity index is 1.75. The Bertz CT molecular complexity index is 1560. The highest BCUT2D eigenvalue weighted by Gasteiger charge is 2.19. The summed E-state index contributed by atoms with van der Waals surface area (Å²) in [5.41, 5.74) is 7.19. The van der Waals surface area contributed by atoms with E-state index in [4.69, 9.17) is 4.74 Å². The minimum Gasteiger partial charge on any atom is -0.496 e. The second-order valence-corrected chi connectivity index (χ2v) is 8.49. The quantitative estimate of drug-likeness (QED) is 0.251. The van der Waals surface area contributed by atoms with Crippen molar-refractivity contribution in [2.24, 2.45) is 0 Å². The molecule has 34 heavy (non-hydrogen) atoms. The van der Waals surface area contributed by atoms with Crippen LogP contribution in [0, 0.1) is 0 Å². The van der Waals surface area contributed by atoms with Crippen LogP contribution in [0.15, 0.2) is 127 Å². The molecule has 0 aromatic heterocycles. The van der Waals surface area contributed by atoms with Gasteiger partial charge in [-0.25, -0.2) is 0 Å². The molecule has 6 aromatic carbocycles. The molecule has 162 valence electrons. The molecule has 0 spiro atoms. The Hall–Kier alpha value is -4.36. The van der Waals surface area contributed by atoms with Crippen molar-refractivity contribution < 1.29 is 4.74 Å². The smallest absolute Gasteiger partial charge is 0.126 e.